The number of pyridine rings is 1. The Morgan fingerprint density at radius 1 is 1.36 bits per heavy atom. The van der Waals surface area contributed by atoms with Crippen molar-refractivity contribution in [1.29, 1.82) is 0 Å². The summed E-state index contributed by atoms with van der Waals surface area (Å²) < 4.78 is 24.3. The highest BCUT2D eigenvalue weighted by Crippen LogP contribution is 2.29. The standard InChI is InChI=1S/C15H18N2O4S/c1-10(2)9-13(15(18)19)17(22(20)21)12-7-3-5-11-6-4-8-16-14(11)12/h3-8,10,13H,9H2,1-2H3,(H,18,19)(H,20,21)/p-1. The molecule has 0 radical (unpaired) electrons. The monoisotopic (exact) mass is 321 g/mol. The number of aliphatic carboxylic acids is 1. The molecular formula is C15H17N2O4S-. The lowest BCUT2D eigenvalue weighted by atomic mass is 10.0. The molecule has 118 valence electrons. The third-order valence-electron chi connectivity index (χ3n) is 3.27. The van der Waals surface area contributed by atoms with Gasteiger partial charge in [-0.1, -0.05) is 32.0 Å². The summed E-state index contributed by atoms with van der Waals surface area (Å²) in [5.41, 5.74) is 0.740. The molecule has 0 saturated heterocycles. The number of para-hydroxylation sites is 1. The van der Waals surface area contributed by atoms with Crippen molar-refractivity contribution in [3.05, 3.63) is 36.5 Å². The van der Waals surface area contributed by atoms with Crippen LogP contribution in [0.1, 0.15) is 20.3 Å². The van der Waals surface area contributed by atoms with Gasteiger partial charge in [0.05, 0.1) is 11.2 Å². The molecule has 7 heteroatoms. The van der Waals surface area contributed by atoms with Crippen LogP contribution in [-0.2, 0) is 16.1 Å². The van der Waals surface area contributed by atoms with Crippen LogP contribution in [0.3, 0.4) is 0 Å². The Kier molecular flexibility index (Phi) is 5.10. The average Bonchev–Trinajstić information content (AvgIpc) is 2.46. The van der Waals surface area contributed by atoms with Crippen LogP contribution in [0.25, 0.3) is 10.9 Å². The Morgan fingerprint density at radius 3 is 2.64 bits per heavy atom. The van der Waals surface area contributed by atoms with Gasteiger partial charge in [-0.25, -0.2) is 4.79 Å². The fourth-order valence-corrected chi connectivity index (χ4v) is 3.05. The molecule has 1 heterocycles. The van der Waals surface area contributed by atoms with Crippen LogP contribution in [-0.4, -0.2) is 30.9 Å². The Morgan fingerprint density at radius 2 is 2.05 bits per heavy atom. The van der Waals surface area contributed by atoms with E-state index in [1.807, 2.05) is 13.8 Å². The number of rotatable bonds is 6. The molecule has 2 rings (SSSR count). The second-order valence-corrected chi connectivity index (χ2v) is 6.21. The smallest absolute Gasteiger partial charge is 0.327 e. The predicted molar refractivity (Wildman–Crippen MR) is 84.0 cm³/mol. The van der Waals surface area contributed by atoms with E-state index < -0.39 is 23.3 Å². The van der Waals surface area contributed by atoms with Gasteiger partial charge in [0, 0.05) is 22.8 Å². The van der Waals surface area contributed by atoms with Crippen molar-refractivity contribution in [1.82, 2.24) is 4.98 Å². The lowest BCUT2D eigenvalue weighted by Crippen LogP contribution is -2.43. The third kappa shape index (κ3) is 3.42. The zero-order valence-corrected chi connectivity index (χ0v) is 13.1. The highest BCUT2D eigenvalue weighted by Gasteiger charge is 2.29. The van der Waals surface area contributed by atoms with E-state index in [2.05, 4.69) is 4.98 Å². The molecule has 0 fully saturated rings. The van der Waals surface area contributed by atoms with Crippen molar-refractivity contribution in [3.63, 3.8) is 0 Å². The van der Waals surface area contributed by atoms with Crippen molar-refractivity contribution in [2.75, 3.05) is 4.31 Å². The fourth-order valence-electron chi connectivity index (χ4n) is 2.36. The molecule has 2 atom stereocenters. The number of carbonyl (C=O) groups is 1. The molecule has 0 spiro atoms. The number of benzene rings is 1. The second kappa shape index (κ2) is 6.85. The highest BCUT2D eigenvalue weighted by molar-refractivity contribution is 7.80. The molecule has 1 aromatic carbocycles. The largest absolute Gasteiger partial charge is 0.755 e. The van der Waals surface area contributed by atoms with Crippen molar-refractivity contribution in [2.45, 2.75) is 26.3 Å². The summed E-state index contributed by atoms with van der Waals surface area (Å²) in [5.74, 6) is -1.14. The van der Waals surface area contributed by atoms with E-state index in [0.717, 1.165) is 9.69 Å². The van der Waals surface area contributed by atoms with Crippen LogP contribution in [0, 0.1) is 5.92 Å². The number of hydrogen-bond donors (Lipinski definition) is 1. The van der Waals surface area contributed by atoms with Crippen molar-refractivity contribution < 1.29 is 18.7 Å². The maximum absolute atomic E-state index is 11.7. The number of anilines is 1. The van der Waals surface area contributed by atoms with Gasteiger partial charge in [-0.3, -0.25) is 13.5 Å². The first-order valence-electron chi connectivity index (χ1n) is 6.87. The zero-order valence-electron chi connectivity index (χ0n) is 12.3. The van der Waals surface area contributed by atoms with Crippen molar-refractivity contribution in [3.8, 4) is 0 Å². The molecule has 1 N–H and O–H groups in total. The second-order valence-electron chi connectivity index (χ2n) is 5.38. The SMILES string of the molecule is CC(C)CC(C(=O)O)N(c1cccc2cccnc12)S(=O)[O-]. The van der Waals surface area contributed by atoms with Crippen LogP contribution < -0.4 is 4.31 Å². The van der Waals surface area contributed by atoms with Crippen molar-refractivity contribution in [2.24, 2.45) is 5.92 Å². The van der Waals surface area contributed by atoms with E-state index in [1.54, 1.807) is 36.5 Å². The summed E-state index contributed by atoms with van der Waals surface area (Å²) in [7, 11) is 0. The number of hydrogen-bond acceptors (Lipinski definition) is 4. The fraction of sp³-hybridized carbons (Fsp3) is 0.333. The third-order valence-corrected chi connectivity index (χ3v) is 4.04. The summed E-state index contributed by atoms with van der Waals surface area (Å²) in [5, 5.41) is 10.2. The molecule has 22 heavy (non-hydrogen) atoms. The minimum absolute atomic E-state index is 0.0371. The summed E-state index contributed by atoms with van der Waals surface area (Å²) in [6.07, 6.45) is 1.77. The lowest BCUT2D eigenvalue weighted by molar-refractivity contribution is -0.138. The lowest BCUT2D eigenvalue weighted by Gasteiger charge is -2.33. The van der Waals surface area contributed by atoms with Crippen LogP contribution in [0.5, 0.6) is 0 Å². The Hall–Kier alpha value is -1.99. The molecular weight excluding hydrogens is 304 g/mol. The van der Waals surface area contributed by atoms with Gasteiger partial charge < -0.3 is 9.66 Å². The molecule has 0 saturated carbocycles. The minimum Gasteiger partial charge on any atom is -0.755 e. The molecule has 0 aliphatic rings. The van der Waals surface area contributed by atoms with E-state index in [0.29, 0.717) is 5.52 Å². The first kappa shape index (κ1) is 16.4. The number of carboxylic acid groups (broad SMARTS) is 1. The molecule has 6 nitrogen and oxygen atoms in total. The highest BCUT2D eigenvalue weighted by atomic mass is 32.2. The molecule has 1 aromatic heterocycles. The van der Waals surface area contributed by atoms with Gasteiger partial charge in [-0.15, -0.1) is 0 Å². The topological polar surface area (TPSA) is 93.6 Å². The quantitative estimate of drug-likeness (QED) is 0.824. The first-order chi connectivity index (χ1) is 10.4. The minimum atomic E-state index is -2.71. The van der Waals surface area contributed by atoms with E-state index >= 15 is 0 Å². The Bertz CT molecular complexity index is 700. The van der Waals surface area contributed by atoms with Crippen LogP contribution >= 0.6 is 0 Å². The molecule has 0 aliphatic heterocycles. The van der Waals surface area contributed by atoms with E-state index in [4.69, 9.17) is 0 Å². The zero-order chi connectivity index (χ0) is 16.3. The van der Waals surface area contributed by atoms with E-state index in [1.165, 1.54) is 0 Å². The summed E-state index contributed by atoms with van der Waals surface area (Å²) in [6.45, 7) is 3.70. The Labute approximate surface area is 131 Å². The number of fused-ring (bicyclic) bond motifs is 1. The van der Waals surface area contributed by atoms with Crippen molar-refractivity contribution >= 4 is 33.8 Å². The first-order valence-corrected chi connectivity index (χ1v) is 7.90. The summed E-state index contributed by atoms with van der Waals surface area (Å²) in [6, 6.07) is 7.44. The normalized spacial score (nSPS) is 14.0. The number of aromatic nitrogens is 1. The van der Waals surface area contributed by atoms with E-state index in [-0.39, 0.29) is 18.0 Å². The van der Waals surface area contributed by atoms with E-state index in [9.17, 15) is 18.7 Å². The van der Waals surface area contributed by atoms with Gasteiger partial charge in [-0.2, -0.15) is 0 Å². The predicted octanol–water partition coefficient (Wildman–Crippen LogP) is 2.33. The van der Waals surface area contributed by atoms with Gasteiger partial charge in [0.2, 0.25) is 0 Å². The maximum Gasteiger partial charge on any atom is 0.327 e. The summed E-state index contributed by atoms with van der Waals surface area (Å²) in [4.78, 5) is 15.8. The molecule has 0 amide bonds. The molecule has 2 unspecified atom stereocenters. The van der Waals surface area contributed by atoms with Gasteiger partial charge in [0.15, 0.2) is 0 Å². The van der Waals surface area contributed by atoms with Gasteiger partial charge in [0.1, 0.15) is 6.04 Å². The van der Waals surface area contributed by atoms with Crippen LogP contribution in [0.15, 0.2) is 36.5 Å². The maximum atomic E-state index is 11.7. The van der Waals surface area contributed by atoms with Crippen LogP contribution in [0.4, 0.5) is 5.69 Å². The molecule has 0 aliphatic carbocycles. The van der Waals surface area contributed by atoms with Crippen LogP contribution in [0.2, 0.25) is 0 Å². The number of carboxylic acids is 1. The van der Waals surface area contributed by atoms with Gasteiger partial charge in [0.25, 0.3) is 0 Å². The van der Waals surface area contributed by atoms with Gasteiger partial charge >= 0.3 is 5.97 Å². The molecule has 2 aromatic rings. The Balaban J connectivity index is 2.59. The molecule has 0 bridgehead atoms. The van der Waals surface area contributed by atoms with Gasteiger partial charge in [-0.05, 0) is 24.5 Å². The summed E-state index contributed by atoms with van der Waals surface area (Å²) >= 11 is -2.71. The number of nitrogens with zero attached hydrogens (tertiary/aromatic N) is 2. The average molecular weight is 321 g/mol.